The molecule has 0 bridgehead atoms. The maximum Gasteiger partial charge on any atom is 0.262 e. The lowest BCUT2D eigenvalue weighted by atomic mass is 9.80. The molecule has 2 saturated heterocycles. The minimum Gasteiger partial charge on any atom is -0.349 e. The summed E-state index contributed by atoms with van der Waals surface area (Å²) in [5.74, 6) is 0.0236. The number of aryl methyl sites for hydroxylation is 1. The third kappa shape index (κ3) is 2.34. The van der Waals surface area contributed by atoms with E-state index in [1.165, 1.54) is 12.5 Å². The molecule has 1 amide bonds. The molecule has 0 aliphatic carbocycles. The Kier molecular flexibility index (Phi) is 3.76. The van der Waals surface area contributed by atoms with Crippen molar-refractivity contribution in [3.8, 4) is 0 Å². The summed E-state index contributed by atoms with van der Waals surface area (Å²) in [7, 11) is -1.89. The number of hydrogen-bond donors (Lipinski definition) is 1. The summed E-state index contributed by atoms with van der Waals surface area (Å²) in [5, 5.41) is 3.14. The van der Waals surface area contributed by atoms with E-state index in [0.29, 0.717) is 25.8 Å². The average Bonchev–Trinajstić information content (AvgIpc) is 3.06. The molecule has 22 heavy (non-hydrogen) atoms. The number of carbonyl (C=O) groups excluding carboxylic acids is 1. The van der Waals surface area contributed by atoms with Gasteiger partial charge >= 0.3 is 0 Å². The molecule has 2 atom stereocenters. The fraction of sp³-hybridized carbons (Fsp3) is 0.714. The van der Waals surface area contributed by atoms with Crippen molar-refractivity contribution in [3.63, 3.8) is 0 Å². The van der Waals surface area contributed by atoms with Crippen molar-refractivity contribution in [2.75, 3.05) is 6.54 Å². The quantitative estimate of drug-likeness (QED) is 0.883. The van der Waals surface area contributed by atoms with Gasteiger partial charge < -0.3 is 9.88 Å². The van der Waals surface area contributed by atoms with Gasteiger partial charge in [-0.15, -0.1) is 0 Å². The molecule has 2 aliphatic heterocycles. The zero-order chi connectivity index (χ0) is 16.0. The Morgan fingerprint density at radius 1 is 1.45 bits per heavy atom. The van der Waals surface area contributed by atoms with E-state index in [4.69, 9.17) is 0 Å². The smallest absolute Gasteiger partial charge is 0.262 e. The molecule has 2 aliphatic rings. The minimum atomic E-state index is -3.63. The Morgan fingerprint density at radius 2 is 2.23 bits per heavy atom. The molecule has 3 rings (SSSR count). The molecule has 8 heteroatoms. The van der Waals surface area contributed by atoms with Crippen molar-refractivity contribution in [1.82, 2.24) is 19.2 Å². The van der Waals surface area contributed by atoms with E-state index in [0.717, 1.165) is 12.8 Å². The monoisotopic (exact) mass is 326 g/mol. The second kappa shape index (κ2) is 5.34. The molecular weight excluding hydrogens is 304 g/mol. The van der Waals surface area contributed by atoms with Crippen LogP contribution >= 0.6 is 0 Å². The van der Waals surface area contributed by atoms with Crippen LogP contribution in [-0.2, 0) is 21.9 Å². The average molecular weight is 326 g/mol. The summed E-state index contributed by atoms with van der Waals surface area (Å²) in [6, 6.07) is -0.209. The highest BCUT2D eigenvalue weighted by molar-refractivity contribution is 7.89. The number of piperidine rings is 1. The SMILES string of the molecule is CC[C@H]1N(S(=O)(=O)c2cn(C)cn2)CCC[C@]12CCC(=O)N2. The largest absolute Gasteiger partial charge is 0.349 e. The summed E-state index contributed by atoms with van der Waals surface area (Å²) in [6.07, 6.45) is 6.47. The third-order valence-electron chi connectivity index (χ3n) is 4.81. The van der Waals surface area contributed by atoms with Crippen LogP contribution < -0.4 is 5.32 Å². The standard InChI is InChI=1S/C14H22N4O3S/c1-3-11-14(7-5-12(19)16-14)6-4-8-18(11)22(20,21)13-9-17(2)10-15-13/h9-11H,3-8H2,1-2H3,(H,16,19)/t11-,14+/m1/s1. The molecule has 3 heterocycles. The van der Waals surface area contributed by atoms with Gasteiger partial charge in [0, 0.05) is 32.3 Å². The molecule has 0 unspecified atom stereocenters. The van der Waals surface area contributed by atoms with Crippen molar-refractivity contribution in [2.24, 2.45) is 7.05 Å². The van der Waals surface area contributed by atoms with Gasteiger partial charge in [-0.1, -0.05) is 6.92 Å². The second-order valence-electron chi connectivity index (χ2n) is 6.23. The maximum absolute atomic E-state index is 12.9. The fourth-order valence-corrected chi connectivity index (χ4v) is 5.62. The van der Waals surface area contributed by atoms with Crippen LogP contribution in [0, 0.1) is 0 Å². The van der Waals surface area contributed by atoms with Crippen molar-refractivity contribution in [3.05, 3.63) is 12.5 Å². The van der Waals surface area contributed by atoms with Crippen LogP contribution in [0.2, 0.25) is 0 Å². The molecule has 2 fully saturated rings. The van der Waals surface area contributed by atoms with E-state index in [2.05, 4.69) is 10.3 Å². The van der Waals surface area contributed by atoms with E-state index < -0.39 is 15.6 Å². The molecule has 0 radical (unpaired) electrons. The first kappa shape index (κ1) is 15.5. The maximum atomic E-state index is 12.9. The van der Waals surface area contributed by atoms with E-state index in [9.17, 15) is 13.2 Å². The predicted molar refractivity (Wildman–Crippen MR) is 80.5 cm³/mol. The Bertz CT molecular complexity index is 684. The first-order valence-electron chi connectivity index (χ1n) is 7.70. The molecule has 1 spiro atoms. The van der Waals surface area contributed by atoms with Crippen molar-refractivity contribution in [1.29, 1.82) is 0 Å². The molecular formula is C14H22N4O3S. The number of nitrogens with one attached hydrogen (secondary N) is 1. The number of rotatable bonds is 3. The van der Waals surface area contributed by atoms with Crippen LogP contribution in [0.1, 0.15) is 39.0 Å². The van der Waals surface area contributed by atoms with Gasteiger partial charge in [0.2, 0.25) is 5.91 Å². The third-order valence-corrected chi connectivity index (χ3v) is 6.61. The van der Waals surface area contributed by atoms with E-state index >= 15 is 0 Å². The van der Waals surface area contributed by atoms with Crippen LogP contribution in [0.15, 0.2) is 17.6 Å². The molecule has 1 aromatic rings. The van der Waals surface area contributed by atoms with Gasteiger partial charge in [0.15, 0.2) is 5.03 Å². The van der Waals surface area contributed by atoms with E-state index in [1.807, 2.05) is 6.92 Å². The Labute approximate surface area is 130 Å². The van der Waals surface area contributed by atoms with Gasteiger partial charge in [0.1, 0.15) is 0 Å². The lowest BCUT2D eigenvalue weighted by Gasteiger charge is -2.46. The highest BCUT2D eigenvalue weighted by Gasteiger charge is 2.51. The zero-order valence-electron chi connectivity index (χ0n) is 12.9. The number of sulfonamides is 1. The molecule has 1 aromatic heterocycles. The number of imidazole rings is 1. The topological polar surface area (TPSA) is 84.3 Å². The normalized spacial score (nSPS) is 29.9. The number of hydrogen-bond acceptors (Lipinski definition) is 4. The Balaban J connectivity index is 1.97. The van der Waals surface area contributed by atoms with E-state index in [1.54, 1.807) is 15.9 Å². The molecule has 0 saturated carbocycles. The molecule has 122 valence electrons. The predicted octanol–water partition coefficient (Wildman–Crippen LogP) is 0.632. The highest BCUT2D eigenvalue weighted by Crippen LogP contribution is 2.39. The molecule has 1 N–H and O–H groups in total. The van der Waals surface area contributed by atoms with Crippen molar-refractivity contribution < 1.29 is 13.2 Å². The first-order valence-corrected chi connectivity index (χ1v) is 9.14. The summed E-state index contributed by atoms with van der Waals surface area (Å²) < 4.78 is 29.0. The van der Waals surface area contributed by atoms with Gasteiger partial charge in [-0.2, -0.15) is 4.31 Å². The van der Waals surface area contributed by atoms with Gasteiger partial charge in [0.05, 0.1) is 11.9 Å². The van der Waals surface area contributed by atoms with Gasteiger partial charge in [-0.05, 0) is 25.7 Å². The highest BCUT2D eigenvalue weighted by atomic mass is 32.2. The van der Waals surface area contributed by atoms with Crippen LogP contribution in [0.3, 0.4) is 0 Å². The Morgan fingerprint density at radius 3 is 2.77 bits per heavy atom. The summed E-state index contributed by atoms with van der Waals surface area (Å²) in [6.45, 7) is 2.46. The summed E-state index contributed by atoms with van der Waals surface area (Å²) in [5.41, 5.74) is -0.411. The lowest BCUT2D eigenvalue weighted by Crippen LogP contribution is -2.62. The van der Waals surface area contributed by atoms with Crippen molar-refractivity contribution in [2.45, 2.75) is 55.6 Å². The summed E-state index contributed by atoms with van der Waals surface area (Å²) in [4.78, 5) is 15.7. The number of carbonyl (C=O) groups is 1. The second-order valence-corrected chi connectivity index (χ2v) is 8.06. The Hall–Kier alpha value is -1.41. The lowest BCUT2D eigenvalue weighted by molar-refractivity contribution is -0.120. The summed E-state index contributed by atoms with van der Waals surface area (Å²) >= 11 is 0. The van der Waals surface area contributed by atoms with E-state index in [-0.39, 0.29) is 17.0 Å². The first-order chi connectivity index (χ1) is 10.4. The van der Waals surface area contributed by atoms with Crippen LogP contribution in [0.25, 0.3) is 0 Å². The molecule has 0 aromatic carbocycles. The van der Waals surface area contributed by atoms with Crippen LogP contribution in [0.5, 0.6) is 0 Å². The van der Waals surface area contributed by atoms with Gasteiger partial charge in [0.25, 0.3) is 10.0 Å². The number of nitrogens with zero attached hydrogens (tertiary/aromatic N) is 3. The van der Waals surface area contributed by atoms with Gasteiger partial charge in [-0.3, -0.25) is 4.79 Å². The van der Waals surface area contributed by atoms with Crippen LogP contribution in [-0.4, -0.2) is 46.3 Å². The molecule has 7 nitrogen and oxygen atoms in total. The van der Waals surface area contributed by atoms with Gasteiger partial charge in [-0.25, -0.2) is 13.4 Å². The number of amides is 1. The van der Waals surface area contributed by atoms with Crippen LogP contribution in [0.4, 0.5) is 0 Å². The minimum absolute atomic E-state index is 0.0236. The zero-order valence-corrected chi connectivity index (χ0v) is 13.8. The fourth-order valence-electron chi connectivity index (χ4n) is 3.85. The van der Waals surface area contributed by atoms with Crippen molar-refractivity contribution >= 4 is 15.9 Å². The number of aromatic nitrogens is 2.